The summed E-state index contributed by atoms with van der Waals surface area (Å²) in [5.74, 6) is 0.232. The van der Waals surface area contributed by atoms with E-state index < -0.39 is 5.97 Å². The molecular weight excluding hydrogens is 423 g/mol. The molecule has 0 amide bonds. The van der Waals surface area contributed by atoms with Gasteiger partial charge in [-0.25, -0.2) is 4.98 Å². The average Bonchev–Trinajstić information content (AvgIpc) is 3.05. The monoisotopic (exact) mass is 438 g/mol. The number of carbonyl (C=O) groups is 1. The number of benzene rings is 2. The number of thiazole rings is 1. The fourth-order valence-electron chi connectivity index (χ4n) is 2.57. The number of ether oxygens (including phenoxy) is 2. The molecule has 28 heavy (non-hydrogen) atoms. The minimum Gasteiger partial charge on any atom is -0.497 e. The second-order valence-corrected chi connectivity index (χ2v) is 7.58. The van der Waals surface area contributed by atoms with E-state index in [1.54, 1.807) is 50.6 Å². The van der Waals surface area contributed by atoms with Gasteiger partial charge in [0.2, 0.25) is 0 Å². The van der Waals surface area contributed by atoms with Gasteiger partial charge < -0.3 is 19.9 Å². The van der Waals surface area contributed by atoms with Crippen molar-refractivity contribution in [2.24, 2.45) is 0 Å². The highest BCUT2D eigenvalue weighted by molar-refractivity contribution is 7.16. The van der Waals surface area contributed by atoms with Crippen LogP contribution in [0.5, 0.6) is 11.5 Å². The van der Waals surface area contributed by atoms with Crippen molar-refractivity contribution in [2.75, 3.05) is 19.5 Å². The smallest absolute Gasteiger partial charge is 0.308 e. The largest absolute Gasteiger partial charge is 0.497 e. The Balaban J connectivity index is 2.05. The summed E-state index contributed by atoms with van der Waals surface area (Å²) in [5, 5.41) is 13.8. The second kappa shape index (κ2) is 8.68. The van der Waals surface area contributed by atoms with E-state index in [4.69, 9.17) is 32.7 Å². The molecule has 2 aromatic carbocycles. The Bertz CT molecular complexity index is 1020. The van der Waals surface area contributed by atoms with Crippen LogP contribution >= 0.6 is 34.5 Å². The zero-order valence-corrected chi connectivity index (χ0v) is 17.3. The summed E-state index contributed by atoms with van der Waals surface area (Å²) in [6.07, 6.45) is -0.170. The van der Waals surface area contributed by atoms with Crippen molar-refractivity contribution in [3.63, 3.8) is 0 Å². The Morgan fingerprint density at radius 1 is 1.14 bits per heavy atom. The molecule has 0 unspecified atom stereocenters. The van der Waals surface area contributed by atoms with Gasteiger partial charge in [-0.05, 0) is 36.4 Å². The number of aliphatic carboxylic acids is 1. The molecule has 0 spiro atoms. The third kappa shape index (κ3) is 4.49. The number of nitrogens with zero attached hydrogens (tertiary/aromatic N) is 1. The maximum absolute atomic E-state index is 11.3. The van der Waals surface area contributed by atoms with Gasteiger partial charge in [0, 0.05) is 16.1 Å². The highest BCUT2D eigenvalue weighted by atomic mass is 35.5. The molecule has 6 nitrogen and oxygen atoms in total. The van der Waals surface area contributed by atoms with Gasteiger partial charge in [0.15, 0.2) is 5.13 Å². The number of carboxylic acids is 1. The fraction of sp³-hybridized carbons (Fsp3) is 0.158. The maximum atomic E-state index is 11.3. The first-order valence-electron chi connectivity index (χ1n) is 8.07. The Hall–Kier alpha value is -2.48. The molecule has 0 aliphatic heterocycles. The van der Waals surface area contributed by atoms with Crippen molar-refractivity contribution < 1.29 is 19.4 Å². The Labute approximate surface area is 175 Å². The molecule has 3 aromatic rings. The topological polar surface area (TPSA) is 80.7 Å². The van der Waals surface area contributed by atoms with Gasteiger partial charge in [0.05, 0.1) is 36.4 Å². The standard InChI is InChI=1S/C19H16Cl2N2O4S/c1-26-11-4-6-15(27-2)12(8-11)18-16(9-17(24)25)28-19(23-18)22-10-3-5-13(20)14(21)7-10/h3-8H,9H2,1-2H3,(H,22,23)(H,24,25). The van der Waals surface area contributed by atoms with Crippen LogP contribution in [0.15, 0.2) is 36.4 Å². The number of methoxy groups -OCH3 is 2. The quantitative estimate of drug-likeness (QED) is 0.506. The first-order valence-corrected chi connectivity index (χ1v) is 9.64. The summed E-state index contributed by atoms with van der Waals surface area (Å²) in [4.78, 5) is 16.5. The van der Waals surface area contributed by atoms with Crippen molar-refractivity contribution in [3.05, 3.63) is 51.3 Å². The van der Waals surface area contributed by atoms with E-state index >= 15 is 0 Å². The molecule has 2 N–H and O–H groups in total. The summed E-state index contributed by atoms with van der Waals surface area (Å²) in [5.41, 5.74) is 1.86. The van der Waals surface area contributed by atoms with Crippen molar-refractivity contribution >= 4 is 51.3 Å². The summed E-state index contributed by atoms with van der Waals surface area (Å²) < 4.78 is 10.7. The summed E-state index contributed by atoms with van der Waals surface area (Å²) in [7, 11) is 3.10. The van der Waals surface area contributed by atoms with Crippen molar-refractivity contribution in [1.29, 1.82) is 0 Å². The number of hydrogen-bond donors (Lipinski definition) is 2. The summed E-state index contributed by atoms with van der Waals surface area (Å²) in [6.45, 7) is 0. The van der Waals surface area contributed by atoms with Crippen LogP contribution in [0, 0.1) is 0 Å². The number of rotatable bonds is 7. The van der Waals surface area contributed by atoms with E-state index in [0.717, 1.165) is 0 Å². The minimum atomic E-state index is -0.951. The van der Waals surface area contributed by atoms with E-state index in [2.05, 4.69) is 10.3 Å². The lowest BCUT2D eigenvalue weighted by Crippen LogP contribution is -2.00. The molecular formula is C19H16Cl2N2O4S. The van der Waals surface area contributed by atoms with Crippen LogP contribution in [-0.2, 0) is 11.2 Å². The minimum absolute atomic E-state index is 0.170. The first kappa shape index (κ1) is 20.3. The molecule has 0 aliphatic carbocycles. The molecule has 0 saturated heterocycles. The normalized spacial score (nSPS) is 10.6. The third-order valence-corrected chi connectivity index (χ3v) is 5.55. The number of aromatic nitrogens is 1. The molecule has 0 bridgehead atoms. The molecule has 146 valence electrons. The van der Waals surface area contributed by atoms with Crippen molar-refractivity contribution in [2.45, 2.75) is 6.42 Å². The lowest BCUT2D eigenvalue weighted by atomic mass is 10.1. The van der Waals surface area contributed by atoms with Crippen LogP contribution < -0.4 is 14.8 Å². The van der Waals surface area contributed by atoms with E-state index in [0.29, 0.717) is 48.5 Å². The van der Waals surface area contributed by atoms with Gasteiger partial charge in [-0.15, -0.1) is 11.3 Å². The van der Waals surface area contributed by atoms with Gasteiger partial charge in [-0.2, -0.15) is 0 Å². The number of halogens is 2. The predicted octanol–water partition coefficient (Wildman–Crippen LogP) is 5.50. The third-order valence-electron chi connectivity index (χ3n) is 3.84. The van der Waals surface area contributed by atoms with Gasteiger partial charge >= 0.3 is 5.97 Å². The molecule has 0 saturated carbocycles. The predicted molar refractivity (Wildman–Crippen MR) is 112 cm³/mol. The Kier molecular flexibility index (Phi) is 6.28. The number of anilines is 2. The zero-order valence-electron chi connectivity index (χ0n) is 15.0. The van der Waals surface area contributed by atoms with Crippen LogP contribution in [0.1, 0.15) is 4.88 Å². The fourth-order valence-corrected chi connectivity index (χ4v) is 3.85. The van der Waals surface area contributed by atoms with Crippen LogP contribution in [0.25, 0.3) is 11.3 Å². The average molecular weight is 439 g/mol. The van der Waals surface area contributed by atoms with Gasteiger partial charge in [0.1, 0.15) is 11.5 Å². The van der Waals surface area contributed by atoms with E-state index in [1.807, 2.05) is 0 Å². The number of hydrogen-bond acceptors (Lipinski definition) is 6. The highest BCUT2D eigenvalue weighted by Gasteiger charge is 2.20. The summed E-state index contributed by atoms with van der Waals surface area (Å²) >= 11 is 13.3. The van der Waals surface area contributed by atoms with Crippen LogP contribution in [-0.4, -0.2) is 30.3 Å². The van der Waals surface area contributed by atoms with Crippen LogP contribution in [0.2, 0.25) is 10.0 Å². The SMILES string of the molecule is COc1ccc(OC)c(-c2nc(Nc3ccc(Cl)c(Cl)c3)sc2CC(=O)O)c1. The molecule has 1 heterocycles. The van der Waals surface area contributed by atoms with Gasteiger partial charge in [-0.1, -0.05) is 23.2 Å². The molecule has 1 aromatic heterocycles. The lowest BCUT2D eigenvalue weighted by molar-refractivity contribution is -0.136. The van der Waals surface area contributed by atoms with Crippen LogP contribution in [0.4, 0.5) is 10.8 Å². The van der Waals surface area contributed by atoms with E-state index in [1.165, 1.54) is 11.3 Å². The Morgan fingerprint density at radius 3 is 2.57 bits per heavy atom. The molecule has 0 radical (unpaired) electrons. The van der Waals surface area contributed by atoms with Gasteiger partial charge in [0.25, 0.3) is 0 Å². The van der Waals surface area contributed by atoms with Crippen LogP contribution in [0.3, 0.4) is 0 Å². The molecule has 0 fully saturated rings. The highest BCUT2D eigenvalue weighted by Crippen LogP contribution is 2.39. The molecule has 9 heteroatoms. The van der Waals surface area contributed by atoms with E-state index in [-0.39, 0.29) is 6.42 Å². The zero-order chi connectivity index (χ0) is 20.3. The van der Waals surface area contributed by atoms with Crippen molar-refractivity contribution in [1.82, 2.24) is 4.98 Å². The molecule has 0 aliphatic rings. The summed E-state index contributed by atoms with van der Waals surface area (Å²) in [6, 6.07) is 10.4. The van der Waals surface area contributed by atoms with E-state index in [9.17, 15) is 9.90 Å². The maximum Gasteiger partial charge on any atom is 0.308 e. The van der Waals surface area contributed by atoms with Crippen molar-refractivity contribution in [3.8, 4) is 22.8 Å². The van der Waals surface area contributed by atoms with Gasteiger partial charge in [-0.3, -0.25) is 4.79 Å². The number of carboxylic acid groups (broad SMARTS) is 1. The Morgan fingerprint density at radius 2 is 1.93 bits per heavy atom. The second-order valence-electron chi connectivity index (χ2n) is 5.68. The molecule has 3 rings (SSSR count). The molecule has 0 atom stereocenters. The number of nitrogens with one attached hydrogen (secondary N) is 1. The first-order chi connectivity index (χ1) is 13.4. The lowest BCUT2D eigenvalue weighted by Gasteiger charge is -2.10.